The maximum absolute atomic E-state index is 13.3. The molecule has 2 heterocycles. The Balaban J connectivity index is 1.53. The Kier molecular flexibility index (Phi) is 7.99. The van der Waals surface area contributed by atoms with Crippen molar-refractivity contribution in [2.45, 2.75) is 17.4 Å². The van der Waals surface area contributed by atoms with Crippen LogP contribution in [0.1, 0.15) is 12.5 Å². The van der Waals surface area contributed by atoms with Crippen LogP contribution in [0.15, 0.2) is 41.3 Å². The molecule has 14 heteroatoms. The predicted molar refractivity (Wildman–Crippen MR) is 138 cm³/mol. The van der Waals surface area contributed by atoms with E-state index in [1.165, 1.54) is 50.8 Å². The Labute approximate surface area is 226 Å². The molecule has 2 fully saturated rings. The molecule has 2 aromatic carbocycles. The minimum absolute atomic E-state index is 0.0449. The van der Waals surface area contributed by atoms with Crippen molar-refractivity contribution in [1.29, 1.82) is 0 Å². The molecule has 2 saturated heterocycles. The van der Waals surface area contributed by atoms with Gasteiger partial charge in [-0.2, -0.15) is 4.31 Å². The number of nitrogens with zero attached hydrogens (tertiary/aromatic N) is 2. The number of hydrogen-bond donors (Lipinski definition) is 2. The second-order valence-corrected chi connectivity index (χ2v) is 10.9. The molecule has 0 aliphatic carbocycles. The van der Waals surface area contributed by atoms with E-state index in [0.717, 1.165) is 4.90 Å². The molecule has 0 spiro atoms. The number of carbonyl (C=O) groups excluding carboxylic acids is 3. The first kappa shape index (κ1) is 28.1. The van der Waals surface area contributed by atoms with Gasteiger partial charge in [-0.3, -0.25) is 14.5 Å². The Morgan fingerprint density at radius 1 is 1.00 bits per heavy atom. The van der Waals surface area contributed by atoms with E-state index in [0.29, 0.717) is 17.1 Å². The van der Waals surface area contributed by atoms with Crippen LogP contribution >= 0.6 is 0 Å². The molecule has 39 heavy (non-hydrogen) atoms. The van der Waals surface area contributed by atoms with Gasteiger partial charge in [-0.25, -0.2) is 13.2 Å². The molecule has 4 amide bonds. The molecule has 13 nitrogen and oxygen atoms in total. The van der Waals surface area contributed by atoms with E-state index in [1.54, 1.807) is 18.2 Å². The average molecular weight is 563 g/mol. The number of hydrogen-bond acceptors (Lipinski definition) is 9. The summed E-state index contributed by atoms with van der Waals surface area (Å²) in [7, 11) is 0.451. The standard InChI is InChI=1S/C25H30N4O9S/c1-25(16-5-7-20(36-3)21(13-16)37-4)23(31)29(24(32)27-25)15-22(30)26-18-14-17(6-8-19(18)35-2)39(33,34)28-9-11-38-12-10-28/h5-8,13-14H,9-12,15H2,1-4H3,(H,26,30)(H,27,32)/t25-/m1/s1. The number of amides is 4. The van der Waals surface area contributed by atoms with Crippen LogP contribution < -0.4 is 24.8 Å². The minimum atomic E-state index is -3.84. The molecule has 0 unspecified atom stereocenters. The number of methoxy groups -OCH3 is 3. The first-order valence-electron chi connectivity index (χ1n) is 12.0. The lowest BCUT2D eigenvalue weighted by Crippen LogP contribution is -2.42. The lowest BCUT2D eigenvalue weighted by molar-refractivity contribution is -0.133. The van der Waals surface area contributed by atoms with Gasteiger partial charge in [0.05, 0.1) is 45.1 Å². The Bertz CT molecular complexity index is 1390. The van der Waals surface area contributed by atoms with Crippen molar-refractivity contribution in [2.24, 2.45) is 0 Å². The summed E-state index contributed by atoms with van der Waals surface area (Å²) >= 11 is 0. The van der Waals surface area contributed by atoms with Crippen molar-refractivity contribution in [3.8, 4) is 17.2 Å². The molecule has 2 aliphatic heterocycles. The van der Waals surface area contributed by atoms with E-state index in [4.69, 9.17) is 18.9 Å². The Morgan fingerprint density at radius 2 is 1.64 bits per heavy atom. The van der Waals surface area contributed by atoms with Gasteiger partial charge < -0.3 is 29.6 Å². The van der Waals surface area contributed by atoms with Crippen molar-refractivity contribution in [3.63, 3.8) is 0 Å². The van der Waals surface area contributed by atoms with Crippen LogP contribution in [0.5, 0.6) is 17.2 Å². The van der Waals surface area contributed by atoms with Crippen LogP contribution in [0, 0.1) is 0 Å². The minimum Gasteiger partial charge on any atom is -0.495 e. The number of ether oxygens (including phenoxy) is 4. The number of sulfonamides is 1. The summed E-state index contributed by atoms with van der Waals surface area (Å²) in [6.07, 6.45) is 0. The van der Waals surface area contributed by atoms with Crippen molar-refractivity contribution in [1.82, 2.24) is 14.5 Å². The highest BCUT2D eigenvalue weighted by Gasteiger charge is 2.49. The smallest absolute Gasteiger partial charge is 0.325 e. The molecule has 0 radical (unpaired) electrons. The Morgan fingerprint density at radius 3 is 2.28 bits per heavy atom. The number of morpholine rings is 1. The predicted octanol–water partition coefficient (Wildman–Crippen LogP) is 1.14. The lowest BCUT2D eigenvalue weighted by Gasteiger charge is -2.26. The molecule has 2 aromatic rings. The molecule has 2 aliphatic rings. The first-order valence-corrected chi connectivity index (χ1v) is 13.4. The summed E-state index contributed by atoms with van der Waals surface area (Å²) in [6, 6.07) is 8.12. The normalized spacial score (nSPS) is 19.9. The largest absolute Gasteiger partial charge is 0.495 e. The average Bonchev–Trinajstić information content (AvgIpc) is 3.16. The highest BCUT2D eigenvalue weighted by Crippen LogP contribution is 2.35. The van der Waals surface area contributed by atoms with E-state index >= 15 is 0 Å². The number of anilines is 1. The molecule has 1 atom stereocenters. The van der Waals surface area contributed by atoms with Gasteiger partial charge in [0.15, 0.2) is 11.5 Å². The summed E-state index contributed by atoms with van der Waals surface area (Å²) in [6.45, 7) is 1.90. The van der Waals surface area contributed by atoms with Crippen molar-refractivity contribution in [3.05, 3.63) is 42.0 Å². The quantitative estimate of drug-likeness (QED) is 0.429. The van der Waals surface area contributed by atoms with E-state index in [1.807, 2.05) is 0 Å². The second kappa shape index (κ2) is 11.1. The topological polar surface area (TPSA) is 153 Å². The van der Waals surface area contributed by atoms with E-state index in [-0.39, 0.29) is 42.6 Å². The maximum atomic E-state index is 13.3. The summed E-state index contributed by atoms with van der Waals surface area (Å²) in [5.41, 5.74) is -0.948. The fourth-order valence-electron chi connectivity index (χ4n) is 4.40. The number of imide groups is 1. The van der Waals surface area contributed by atoms with E-state index < -0.39 is 40.0 Å². The molecular weight excluding hydrogens is 532 g/mol. The van der Waals surface area contributed by atoms with Gasteiger partial charge in [0, 0.05) is 13.1 Å². The number of benzene rings is 2. The molecule has 0 aromatic heterocycles. The summed E-state index contributed by atoms with van der Waals surface area (Å²) in [4.78, 5) is 39.8. The molecule has 0 saturated carbocycles. The first-order chi connectivity index (χ1) is 18.5. The molecule has 210 valence electrons. The molecular formula is C25H30N4O9S. The third-order valence-corrected chi connectivity index (χ3v) is 8.49. The van der Waals surface area contributed by atoms with Crippen LogP contribution in [0.4, 0.5) is 10.5 Å². The number of urea groups is 1. The van der Waals surface area contributed by atoms with Crippen molar-refractivity contribution in [2.75, 3.05) is 59.5 Å². The summed E-state index contributed by atoms with van der Waals surface area (Å²) in [5, 5.41) is 5.20. The zero-order valence-electron chi connectivity index (χ0n) is 22.0. The zero-order chi connectivity index (χ0) is 28.4. The van der Waals surface area contributed by atoms with Crippen LogP contribution in [0.3, 0.4) is 0 Å². The van der Waals surface area contributed by atoms with Crippen molar-refractivity contribution >= 4 is 33.6 Å². The SMILES string of the molecule is COc1ccc(S(=O)(=O)N2CCOCC2)cc1NC(=O)CN1C(=O)N[C@](C)(c2ccc(OC)c(OC)c2)C1=O. The van der Waals surface area contributed by atoms with Gasteiger partial charge in [-0.05, 0) is 42.8 Å². The van der Waals surface area contributed by atoms with Gasteiger partial charge in [-0.1, -0.05) is 6.07 Å². The third kappa shape index (κ3) is 5.35. The lowest BCUT2D eigenvalue weighted by atomic mass is 9.91. The third-order valence-electron chi connectivity index (χ3n) is 6.59. The monoisotopic (exact) mass is 562 g/mol. The maximum Gasteiger partial charge on any atom is 0.325 e. The fourth-order valence-corrected chi connectivity index (χ4v) is 5.83. The molecule has 2 N–H and O–H groups in total. The van der Waals surface area contributed by atoms with Gasteiger partial charge in [0.25, 0.3) is 5.91 Å². The van der Waals surface area contributed by atoms with E-state index in [2.05, 4.69) is 10.6 Å². The summed E-state index contributed by atoms with van der Waals surface area (Å²) < 4.78 is 48.5. The van der Waals surface area contributed by atoms with Gasteiger partial charge in [0.2, 0.25) is 15.9 Å². The number of rotatable bonds is 9. The highest BCUT2D eigenvalue weighted by molar-refractivity contribution is 7.89. The Hall–Kier alpha value is -3.88. The van der Waals surface area contributed by atoms with Crippen LogP contribution in [0.25, 0.3) is 0 Å². The number of nitrogens with one attached hydrogen (secondary N) is 2. The van der Waals surface area contributed by atoms with Crippen LogP contribution in [-0.4, -0.2) is 89.6 Å². The summed E-state index contributed by atoms with van der Waals surface area (Å²) in [5.74, 6) is -0.352. The van der Waals surface area contributed by atoms with Gasteiger partial charge >= 0.3 is 6.03 Å². The highest BCUT2D eigenvalue weighted by atomic mass is 32.2. The molecule has 0 bridgehead atoms. The van der Waals surface area contributed by atoms with Crippen LogP contribution in [-0.2, 0) is 29.9 Å². The van der Waals surface area contributed by atoms with Crippen LogP contribution in [0.2, 0.25) is 0 Å². The van der Waals surface area contributed by atoms with Gasteiger partial charge in [-0.15, -0.1) is 0 Å². The second-order valence-electron chi connectivity index (χ2n) is 8.94. The fraction of sp³-hybridized carbons (Fsp3) is 0.400. The van der Waals surface area contributed by atoms with E-state index in [9.17, 15) is 22.8 Å². The molecule has 4 rings (SSSR count). The van der Waals surface area contributed by atoms with Crippen molar-refractivity contribution < 1.29 is 41.7 Å². The zero-order valence-corrected chi connectivity index (χ0v) is 22.8. The number of carbonyl (C=O) groups is 3. The van der Waals surface area contributed by atoms with Gasteiger partial charge in [0.1, 0.15) is 17.8 Å².